The minimum atomic E-state index is -1.07. The van der Waals surface area contributed by atoms with Gasteiger partial charge in [0.2, 0.25) is 5.91 Å². The molecule has 2 amide bonds. The molecule has 1 aromatic carbocycles. The largest absolute Gasteiger partial charge is 0.480 e. The predicted molar refractivity (Wildman–Crippen MR) is 77.9 cm³/mol. The molecule has 0 saturated carbocycles. The number of hydrogen-bond acceptors (Lipinski definition) is 3. The van der Waals surface area contributed by atoms with Crippen LogP contribution in [0.2, 0.25) is 0 Å². The SMILES string of the molecule is CCCC(NC(=O)CN(C)C(=O)c1ccccc1)C(=O)O. The Hall–Kier alpha value is -2.37. The van der Waals surface area contributed by atoms with Gasteiger partial charge in [-0.05, 0) is 18.6 Å². The molecule has 2 N–H and O–H groups in total. The van der Waals surface area contributed by atoms with Crippen LogP contribution in [0.3, 0.4) is 0 Å². The number of hydrogen-bond donors (Lipinski definition) is 2. The van der Waals surface area contributed by atoms with Gasteiger partial charge >= 0.3 is 5.97 Å². The second-order valence-electron chi connectivity index (χ2n) is 4.77. The molecule has 1 aromatic rings. The number of carboxylic acids is 1. The number of amides is 2. The molecule has 0 spiro atoms. The molecule has 0 aromatic heterocycles. The minimum absolute atomic E-state index is 0.179. The first-order chi connectivity index (χ1) is 9.95. The van der Waals surface area contributed by atoms with E-state index in [-0.39, 0.29) is 12.5 Å². The van der Waals surface area contributed by atoms with Crippen LogP contribution in [-0.4, -0.2) is 47.4 Å². The van der Waals surface area contributed by atoms with Gasteiger partial charge in [-0.15, -0.1) is 0 Å². The third-order valence-corrected chi connectivity index (χ3v) is 2.96. The molecule has 1 atom stereocenters. The Balaban J connectivity index is 2.57. The lowest BCUT2D eigenvalue weighted by atomic mass is 10.1. The maximum Gasteiger partial charge on any atom is 0.326 e. The van der Waals surface area contributed by atoms with Crippen molar-refractivity contribution in [1.29, 1.82) is 0 Å². The zero-order chi connectivity index (χ0) is 15.8. The zero-order valence-corrected chi connectivity index (χ0v) is 12.2. The molecular formula is C15H20N2O4. The summed E-state index contributed by atoms with van der Waals surface area (Å²) in [6, 6.07) is 7.68. The van der Waals surface area contributed by atoms with Crippen molar-refractivity contribution < 1.29 is 19.5 Å². The third kappa shape index (κ3) is 5.25. The summed E-state index contributed by atoms with van der Waals surface area (Å²) in [4.78, 5) is 36.1. The van der Waals surface area contributed by atoms with Crippen molar-refractivity contribution in [3.8, 4) is 0 Å². The highest BCUT2D eigenvalue weighted by Gasteiger charge is 2.21. The smallest absolute Gasteiger partial charge is 0.326 e. The predicted octanol–water partition coefficient (Wildman–Crippen LogP) is 1.13. The van der Waals surface area contributed by atoms with Gasteiger partial charge in [0.25, 0.3) is 5.91 Å². The van der Waals surface area contributed by atoms with E-state index in [9.17, 15) is 14.4 Å². The number of aliphatic carboxylic acids is 1. The summed E-state index contributed by atoms with van der Waals surface area (Å²) in [5, 5.41) is 11.4. The zero-order valence-electron chi connectivity index (χ0n) is 12.2. The Kier molecular flexibility index (Phi) is 6.39. The van der Waals surface area contributed by atoms with Crippen molar-refractivity contribution in [1.82, 2.24) is 10.2 Å². The summed E-state index contributed by atoms with van der Waals surface area (Å²) in [7, 11) is 1.50. The fourth-order valence-electron chi connectivity index (χ4n) is 1.87. The molecule has 0 fully saturated rings. The van der Waals surface area contributed by atoms with E-state index in [4.69, 9.17) is 5.11 Å². The molecule has 1 rings (SSSR count). The van der Waals surface area contributed by atoms with Gasteiger partial charge in [-0.1, -0.05) is 31.5 Å². The second kappa shape index (κ2) is 8.04. The van der Waals surface area contributed by atoms with E-state index in [0.29, 0.717) is 18.4 Å². The number of carbonyl (C=O) groups is 3. The second-order valence-corrected chi connectivity index (χ2v) is 4.77. The van der Waals surface area contributed by atoms with Gasteiger partial charge in [0.15, 0.2) is 0 Å². The summed E-state index contributed by atoms with van der Waals surface area (Å²) in [5.74, 6) is -1.84. The number of benzene rings is 1. The molecule has 114 valence electrons. The number of likely N-dealkylation sites (N-methyl/N-ethyl adjacent to an activating group) is 1. The standard InChI is InChI=1S/C15H20N2O4/c1-3-7-12(15(20)21)16-13(18)10-17(2)14(19)11-8-5-4-6-9-11/h4-6,8-9,12H,3,7,10H2,1-2H3,(H,16,18)(H,20,21). The molecule has 1 unspecified atom stereocenters. The first kappa shape index (κ1) is 16.7. The molecule has 6 heteroatoms. The molecule has 0 saturated heterocycles. The Morgan fingerprint density at radius 1 is 1.24 bits per heavy atom. The Morgan fingerprint density at radius 3 is 2.38 bits per heavy atom. The summed E-state index contributed by atoms with van der Waals surface area (Å²) in [6.07, 6.45) is 1.01. The lowest BCUT2D eigenvalue weighted by Crippen LogP contribution is -2.45. The maximum atomic E-state index is 12.1. The van der Waals surface area contributed by atoms with Crippen molar-refractivity contribution in [2.45, 2.75) is 25.8 Å². The lowest BCUT2D eigenvalue weighted by molar-refractivity contribution is -0.142. The highest BCUT2D eigenvalue weighted by molar-refractivity contribution is 5.96. The fraction of sp³-hybridized carbons (Fsp3) is 0.400. The van der Waals surface area contributed by atoms with Gasteiger partial charge in [-0.2, -0.15) is 0 Å². The lowest BCUT2D eigenvalue weighted by Gasteiger charge is -2.19. The molecule has 0 aliphatic rings. The van der Waals surface area contributed by atoms with Gasteiger partial charge in [0.05, 0.1) is 6.54 Å². The fourth-order valence-corrected chi connectivity index (χ4v) is 1.87. The first-order valence-corrected chi connectivity index (χ1v) is 6.78. The molecule has 0 aliphatic carbocycles. The topological polar surface area (TPSA) is 86.7 Å². The molecule has 0 bridgehead atoms. The van der Waals surface area contributed by atoms with Crippen molar-refractivity contribution in [2.75, 3.05) is 13.6 Å². The van der Waals surface area contributed by atoms with Crippen LogP contribution in [0, 0.1) is 0 Å². The minimum Gasteiger partial charge on any atom is -0.480 e. The molecule has 0 radical (unpaired) electrons. The van der Waals surface area contributed by atoms with Gasteiger partial charge in [0, 0.05) is 12.6 Å². The Labute approximate surface area is 123 Å². The van der Waals surface area contributed by atoms with Crippen molar-refractivity contribution >= 4 is 17.8 Å². The highest BCUT2D eigenvalue weighted by Crippen LogP contribution is 2.03. The molecular weight excluding hydrogens is 272 g/mol. The van der Waals surface area contributed by atoms with Crippen molar-refractivity contribution in [3.63, 3.8) is 0 Å². The van der Waals surface area contributed by atoms with E-state index in [1.807, 2.05) is 6.92 Å². The van der Waals surface area contributed by atoms with Crippen LogP contribution in [-0.2, 0) is 9.59 Å². The van der Waals surface area contributed by atoms with Crippen LogP contribution in [0.15, 0.2) is 30.3 Å². The summed E-state index contributed by atoms with van der Waals surface area (Å²) in [5.41, 5.74) is 0.483. The molecule has 0 heterocycles. The van der Waals surface area contributed by atoms with Crippen molar-refractivity contribution in [2.24, 2.45) is 0 Å². The van der Waals surface area contributed by atoms with Crippen molar-refractivity contribution in [3.05, 3.63) is 35.9 Å². The first-order valence-electron chi connectivity index (χ1n) is 6.78. The van der Waals surface area contributed by atoms with Crippen LogP contribution in [0.1, 0.15) is 30.1 Å². The Morgan fingerprint density at radius 2 is 1.86 bits per heavy atom. The molecule has 0 aliphatic heterocycles. The highest BCUT2D eigenvalue weighted by atomic mass is 16.4. The van der Waals surface area contributed by atoms with E-state index >= 15 is 0 Å². The van der Waals surface area contributed by atoms with Gasteiger partial charge in [-0.25, -0.2) is 4.79 Å². The number of nitrogens with one attached hydrogen (secondary N) is 1. The van der Waals surface area contributed by atoms with Crippen LogP contribution in [0.25, 0.3) is 0 Å². The molecule has 21 heavy (non-hydrogen) atoms. The van der Waals surface area contributed by atoms with Gasteiger partial charge < -0.3 is 15.3 Å². The van der Waals surface area contributed by atoms with E-state index in [2.05, 4.69) is 5.32 Å². The number of nitrogens with zero attached hydrogens (tertiary/aromatic N) is 1. The van der Waals surface area contributed by atoms with E-state index < -0.39 is 17.9 Å². The van der Waals surface area contributed by atoms with Crippen LogP contribution < -0.4 is 5.32 Å². The average Bonchev–Trinajstić information content (AvgIpc) is 2.46. The number of rotatable bonds is 7. The van der Waals surface area contributed by atoms with Gasteiger partial charge in [-0.3, -0.25) is 9.59 Å². The Bertz CT molecular complexity index is 502. The number of carboxylic acid groups (broad SMARTS) is 1. The average molecular weight is 292 g/mol. The molecule has 6 nitrogen and oxygen atoms in total. The monoisotopic (exact) mass is 292 g/mol. The van der Waals surface area contributed by atoms with E-state index in [1.165, 1.54) is 11.9 Å². The normalized spacial score (nSPS) is 11.5. The summed E-state index contributed by atoms with van der Waals surface area (Å²) in [6.45, 7) is 1.66. The maximum absolute atomic E-state index is 12.1. The van der Waals surface area contributed by atoms with E-state index in [1.54, 1.807) is 30.3 Å². The van der Waals surface area contributed by atoms with Crippen LogP contribution >= 0.6 is 0 Å². The summed E-state index contributed by atoms with van der Waals surface area (Å²) >= 11 is 0. The number of carbonyl (C=O) groups excluding carboxylic acids is 2. The summed E-state index contributed by atoms with van der Waals surface area (Å²) < 4.78 is 0. The van der Waals surface area contributed by atoms with Gasteiger partial charge in [0.1, 0.15) is 6.04 Å². The van der Waals surface area contributed by atoms with E-state index in [0.717, 1.165) is 0 Å². The quantitative estimate of drug-likeness (QED) is 0.788. The third-order valence-electron chi connectivity index (χ3n) is 2.96. The van der Waals surface area contributed by atoms with Crippen LogP contribution in [0.4, 0.5) is 0 Å². The van der Waals surface area contributed by atoms with Crippen LogP contribution in [0.5, 0.6) is 0 Å².